The van der Waals surface area contributed by atoms with E-state index in [1.54, 1.807) is 12.1 Å². The van der Waals surface area contributed by atoms with Crippen LogP contribution in [-0.4, -0.2) is 29.9 Å². The van der Waals surface area contributed by atoms with Gasteiger partial charge in [-0.05, 0) is 28.1 Å². The van der Waals surface area contributed by atoms with Crippen molar-refractivity contribution in [3.8, 4) is 0 Å². The standard InChI is InChI=1S/C12H15BrFN3S/c1-7-6-17(4-5-18-7)9-3-2-8(12(15)16)10(13)11(9)14/h2-3,7H,4-6H2,1H3,(H3,15,16). The number of nitrogens with one attached hydrogen (secondary N) is 1. The zero-order chi connectivity index (χ0) is 13.3. The van der Waals surface area contributed by atoms with Crippen LogP contribution < -0.4 is 10.6 Å². The van der Waals surface area contributed by atoms with Crippen LogP contribution in [0.3, 0.4) is 0 Å². The maximum absolute atomic E-state index is 14.3. The lowest BCUT2D eigenvalue weighted by molar-refractivity contribution is 0.610. The Morgan fingerprint density at radius 2 is 2.33 bits per heavy atom. The Hall–Kier alpha value is -0.750. The van der Waals surface area contributed by atoms with Crippen molar-refractivity contribution in [2.75, 3.05) is 23.7 Å². The van der Waals surface area contributed by atoms with E-state index in [1.165, 1.54) is 0 Å². The van der Waals surface area contributed by atoms with Gasteiger partial charge in [0, 0.05) is 29.7 Å². The van der Waals surface area contributed by atoms with Gasteiger partial charge >= 0.3 is 0 Å². The third-order valence-electron chi connectivity index (χ3n) is 2.93. The Morgan fingerprint density at radius 1 is 1.61 bits per heavy atom. The molecule has 1 unspecified atom stereocenters. The topological polar surface area (TPSA) is 53.1 Å². The SMILES string of the molecule is CC1CN(c2ccc(C(=N)N)c(Br)c2F)CCS1. The average Bonchev–Trinajstić information content (AvgIpc) is 2.32. The van der Waals surface area contributed by atoms with Crippen molar-refractivity contribution in [1.29, 1.82) is 5.41 Å². The highest BCUT2D eigenvalue weighted by Crippen LogP contribution is 2.31. The molecule has 2 rings (SSSR count). The summed E-state index contributed by atoms with van der Waals surface area (Å²) in [6.45, 7) is 3.83. The van der Waals surface area contributed by atoms with Crippen molar-refractivity contribution < 1.29 is 4.39 Å². The third kappa shape index (κ3) is 2.64. The molecule has 1 aliphatic rings. The average molecular weight is 332 g/mol. The lowest BCUT2D eigenvalue weighted by atomic mass is 10.1. The number of nitrogens with two attached hydrogens (primary N) is 1. The number of amidine groups is 1. The molecule has 1 atom stereocenters. The highest BCUT2D eigenvalue weighted by molar-refractivity contribution is 9.10. The third-order valence-corrected chi connectivity index (χ3v) is 4.85. The molecular weight excluding hydrogens is 317 g/mol. The van der Waals surface area contributed by atoms with Crippen molar-refractivity contribution in [3.05, 3.63) is 28.0 Å². The number of rotatable bonds is 2. The van der Waals surface area contributed by atoms with Crippen LogP contribution in [0.15, 0.2) is 16.6 Å². The van der Waals surface area contributed by atoms with Crippen LogP contribution in [0.1, 0.15) is 12.5 Å². The largest absolute Gasteiger partial charge is 0.384 e. The Balaban J connectivity index is 2.34. The van der Waals surface area contributed by atoms with E-state index in [0.29, 0.717) is 16.5 Å². The molecule has 1 aromatic carbocycles. The fourth-order valence-corrected chi connectivity index (χ4v) is 3.59. The van der Waals surface area contributed by atoms with Gasteiger partial charge in [0.15, 0.2) is 5.82 Å². The van der Waals surface area contributed by atoms with E-state index in [2.05, 4.69) is 22.9 Å². The van der Waals surface area contributed by atoms with Crippen LogP contribution in [-0.2, 0) is 0 Å². The van der Waals surface area contributed by atoms with Gasteiger partial charge in [0.05, 0.1) is 10.2 Å². The van der Waals surface area contributed by atoms with Gasteiger partial charge in [-0.15, -0.1) is 0 Å². The van der Waals surface area contributed by atoms with E-state index >= 15 is 0 Å². The van der Waals surface area contributed by atoms with Crippen molar-refractivity contribution in [2.45, 2.75) is 12.2 Å². The maximum Gasteiger partial charge on any atom is 0.161 e. The minimum atomic E-state index is -0.332. The molecule has 0 aliphatic carbocycles. The number of nitrogens with zero attached hydrogens (tertiary/aromatic N) is 1. The predicted molar refractivity (Wildman–Crippen MR) is 79.2 cm³/mol. The number of hydrogen-bond acceptors (Lipinski definition) is 3. The number of anilines is 1. The van der Waals surface area contributed by atoms with Gasteiger partial charge in [-0.3, -0.25) is 5.41 Å². The molecular formula is C12H15BrFN3S. The van der Waals surface area contributed by atoms with E-state index in [1.807, 2.05) is 16.7 Å². The van der Waals surface area contributed by atoms with Gasteiger partial charge in [-0.1, -0.05) is 6.92 Å². The molecule has 0 spiro atoms. The molecule has 1 heterocycles. The normalized spacial score (nSPS) is 19.9. The van der Waals surface area contributed by atoms with E-state index in [0.717, 1.165) is 18.8 Å². The summed E-state index contributed by atoms with van der Waals surface area (Å²) in [5.74, 6) is 0.545. The molecule has 1 fully saturated rings. The number of hydrogen-bond donors (Lipinski definition) is 2. The van der Waals surface area contributed by atoms with Crippen LogP contribution in [0.25, 0.3) is 0 Å². The summed E-state index contributed by atoms with van der Waals surface area (Å²) in [7, 11) is 0. The Kier molecular flexibility index (Phi) is 4.17. The molecule has 3 N–H and O–H groups in total. The molecule has 98 valence electrons. The molecule has 0 saturated carbocycles. The molecule has 6 heteroatoms. The van der Waals surface area contributed by atoms with Crippen LogP contribution in [0.5, 0.6) is 0 Å². The van der Waals surface area contributed by atoms with Gasteiger partial charge in [0.25, 0.3) is 0 Å². The molecule has 1 aliphatic heterocycles. The van der Waals surface area contributed by atoms with Crippen molar-refractivity contribution in [3.63, 3.8) is 0 Å². The Morgan fingerprint density at radius 3 is 2.94 bits per heavy atom. The van der Waals surface area contributed by atoms with E-state index in [-0.39, 0.29) is 16.1 Å². The first-order valence-electron chi connectivity index (χ1n) is 5.69. The zero-order valence-electron chi connectivity index (χ0n) is 10.0. The van der Waals surface area contributed by atoms with Crippen LogP contribution >= 0.6 is 27.7 Å². The number of nitrogen functional groups attached to an aromatic ring is 1. The first kappa shape index (κ1) is 13.7. The summed E-state index contributed by atoms with van der Waals surface area (Å²) < 4.78 is 14.6. The highest BCUT2D eigenvalue weighted by atomic mass is 79.9. The minimum absolute atomic E-state index is 0.130. The minimum Gasteiger partial charge on any atom is -0.384 e. The molecule has 3 nitrogen and oxygen atoms in total. The number of halogens is 2. The summed E-state index contributed by atoms with van der Waals surface area (Å²) in [5.41, 5.74) is 6.38. The summed E-state index contributed by atoms with van der Waals surface area (Å²) >= 11 is 5.09. The van der Waals surface area contributed by atoms with Crippen LogP contribution in [0.2, 0.25) is 0 Å². The molecule has 1 saturated heterocycles. The summed E-state index contributed by atoms with van der Waals surface area (Å²) in [5, 5.41) is 7.89. The predicted octanol–water partition coefficient (Wildman–Crippen LogP) is 2.81. The van der Waals surface area contributed by atoms with Crippen LogP contribution in [0.4, 0.5) is 10.1 Å². The zero-order valence-corrected chi connectivity index (χ0v) is 12.4. The van der Waals surface area contributed by atoms with Crippen LogP contribution in [0, 0.1) is 11.2 Å². The second kappa shape index (κ2) is 5.48. The van der Waals surface area contributed by atoms with Gasteiger partial charge in [0.1, 0.15) is 5.84 Å². The highest BCUT2D eigenvalue weighted by Gasteiger charge is 2.22. The summed E-state index contributed by atoms with van der Waals surface area (Å²) in [4.78, 5) is 2.05. The molecule has 1 aromatic rings. The second-order valence-electron chi connectivity index (χ2n) is 4.30. The number of thioether (sulfide) groups is 1. The molecule has 0 aromatic heterocycles. The van der Waals surface area contributed by atoms with Gasteiger partial charge in [0.2, 0.25) is 0 Å². The van der Waals surface area contributed by atoms with Crippen molar-refractivity contribution in [1.82, 2.24) is 0 Å². The maximum atomic E-state index is 14.3. The molecule has 0 radical (unpaired) electrons. The first-order valence-corrected chi connectivity index (χ1v) is 7.54. The van der Waals surface area contributed by atoms with E-state index in [4.69, 9.17) is 11.1 Å². The summed E-state index contributed by atoms with van der Waals surface area (Å²) in [6, 6.07) is 3.40. The van der Waals surface area contributed by atoms with Gasteiger partial charge in [-0.25, -0.2) is 4.39 Å². The number of benzene rings is 1. The fraction of sp³-hybridized carbons (Fsp3) is 0.417. The Labute approximate surface area is 119 Å². The monoisotopic (exact) mass is 331 g/mol. The fourth-order valence-electron chi connectivity index (χ4n) is 2.03. The molecule has 0 bridgehead atoms. The molecule has 18 heavy (non-hydrogen) atoms. The van der Waals surface area contributed by atoms with Gasteiger partial charge in [-0.2, -0.15) is 11.8 Å². The summed E-state index contributed by atoms with van der Waals surface area (Å²) in [6.07, 6.45) is 0. The van der Waals surface area contributed by atoms with Gasteiger partial charge < -0.3 is 10.6 Å². The van der Waals surface area contributed by atoms with Crippen molar-refractivity contribution >= 4 is 39.2 Å². The lowest BCUT2D eigenvalue weighted by Crippen LogP contribution is -2.37. The lowest BCUT2D eigenvalue weighted by Gasteiger charge is -2.33. The smallest absolute Gasteiger partial charge is 0.161 e. The quantitative estimate of drug-likeness (QED) is 0.647. The Bertz CT molecular complexity index is 481. The first-order chi connectivity index (χ1) is 8.50. The van der Waals surface area contributed by atoms with E-state index in [9.17, 15) is 4.39 Å². The molecule has 0 amide bonds. The van der Waals surface area contributed by atoms with E-state index < -0.39 is 0 Å². The van der Waals surface area contributed by atoms with Crippen molar-refractivity contribution in [2.24, 2.45) is 5.73 Å². The second-order valence-corrected chi connectivity index (χ2v) is 6.64.